The van der Waals surface area contributed by atoms with Crippen LogP contribution in [0, 0.1) is 0 Å². The van der Waals surface area contributed by atoms with Gasteiger partial charge in [0.25, 0.3) is 11.8 Å². The van der Waals surface area contributed by atoms with Gasteiger partial charge in [-0.25, -0.2) is 9.97 Å². The van der Waals surface area contributed by atoms with Crippen LogP contribution >= 0.6 is 0 Å². The molecular formula is C18H12N4O2. The molecule has 2 aromatic heterocycles. The van der Waals surface area contributed by atoms with Gasteiger partial charge in [0.1, 0.15) is 11.4 Å². The fourth-order valence-corrected chi connectivity index (χ4v) is 2.85. The molecule has 2 heterocycles. The van der Waals surface area contributed by atoms with Crippen LogP contribution in [0.2, 0.25) is 0 Å². The molecule has 6 heteroatoms. The topological polar surface area (TPSA) is 112 Å². The summed E-state index contributed by atoms with van der Waals surface area (Å²) in [5.74, 6) is -1.19. The molecule has 0 atom stereocenters. The molecule has 6 nitrogen and oxygen atoms in total. The Balaban J connectivity index is 2.23. The van der Waals surface area contributed by atoms with Crippen LogP contribution in [0.5, 0.6) is 0 Å². The number of fused-ring (bicyclic) bond motifs is 5. The molecule has 0 spiro atoms. The summed E-state index contributed by atoms with van der Waals surface area (Å²) in [5.41, 5.74) is 12.3. The van der Waals surface area contributed by atoms with E-state index in [4.69, 9.17) is 11.5 Å². The predicted octanol–water partition coefficient (Wildman–Crippen LogP) is 2.13. The molecule has 0 aliphatic rings. The molecule has 0 unspecified atom stereocenters. The zero-order valence-electron chi connectivity index (χ0n) is 12.5. The second-order valence-electron chi connectivity index (χ2n) is 5.49. The zero-order valence-corrected chi connectivity index (χ0v) is 12.5. The third-order valence-electron chi connectivity index (χ3n) is 4.00. The molecule has 2 amide bonds. The number of carbonyl (C=O) groups is 2. The molecule has 0 fully saturated rings. The lowest BCUT2D eigenvalue weighted by molar-refractivity contribution is 0.0987. The standard InChI is InChI=1S/C18H12N4O2/c19-17(23)12-7-5-10-3-1-9-2-4-11-6-8-13(18(20)24)22-16(11)14(9)15(10)21-12/h1-8H,(H2,19,23)(H2,20,24). The van der Waals surface area contributed by atoms with Crippen molar-refractivity contribution in [3.05, 3.63) is 59.9 Å². The van der Waals surface area contributed by atoms with Crippen LogP contribution in [0.4, 0.5) is 0 Å². The van der Waals surface area contributed by atoms with Crippen molar-refractivity contribution in [1.29, 1.82) is 0 Å². The Bertz CT molecular complexity index is 1080. The first-order chi connectivity index (χ1) is 11.5. The number of amides is 2. The van der Waals surface area contributed by atoms with Gasteiger partial charge in [0.05, 0.1) is 11.0 Å². The monoisotopic (exact) mass is 316 g/mol. The van der Waals surface area contributed by atoms with Gasteiger partial charge in [0.15, 0.2) is 0 Å². The Hall–Kier alpha value is -3.54. The van der Waals surface area contributed by atoms with E-state index < -0.39 is 11.8 Å². The summed E-state index contributed by atoms with van der Waals surface area (Å²) in [4.78, 5) is 31.7. The van der Waals surface area contributed by atoms with Crippen molar-refractivity contribution < 1.29 is 9.59 Å². The summed E-state index contributed by atoms with van der Waals surface area (Å²) < 4.78 is 0. The number of hydrogen-bond donors (Lipinski definition) is 2. The molecule has 0 radical (unpaired) electrons. The average Bonchev–Trinajstić information content (AvgIpc) is 2.59. The highest BCUT2D eigenvalue weighted by Crippen LogP contribution is 2.30. The molecule has 2 aromatic carbocycles. The molecule has 0 saturated heterocycles. The van der Waals surface area contributed by atoms with E-state index in [0.29, 0.717) is 11.0 Å². The number of nitrogens with zero attached hydrogens (tertiary/aromatic N) is 2. The number of aromatic nitrogens is 2. The number of primary amides is 2. The van der Waals surface area contributed by atoms with Crippen LogP contribution in [-0.2, 0) is 0 Å². The van der Waals surface area contributed by atoms with Gasteiger partial charge in [-0.05, 0) is 17.5 Å². The van der Waals surface area contributed by atoms with E-state index in [9.17, 15) is 9.59 Å². The third-order valence-corrected chi connectivity index (χ3v) is 4.00. The average molecular weight is 316 g/mol. The van der Waals surface area contributed by atoms with Crippen LogP contribution in [0.25, 0.3) is 32.6 Å². The first kappa shape index (κ1) is 14.1. The van der Waals surface area contributed by atoms with E-state index in [1.165, 1.54) is 0 Å². The van der Waals surface area contributed by atoms with Crippen LogP contribution in [0.3, 0.4) is 0 Å². The third kappa shape index (κ3) is 2.04. The number of pyridine rings is 2. The van der Waals surface area contributed by atoms with E-state index in [-0.39, 0.29) is 11.4 Å². The Morgan fingerprint density at radius 2 is 1.00 bits per heavy atom. The Morgan fingerprint density at radius 3 is 1.42 bits per heavy atom. The highest BCUT2D eigenvalue weighted by atomic mass is 16.1. The smallest absolute Gasteiger partial charge is 0.267 e. The predicted molar refractivity (Wildman–Crippen MR) is 91.6 cm³/mol. The summed E-state index contributed by atoms with van der Waals surface area (Å²) in [6.07, 6.45) is 0. The molecule has 4 rings (SSSR count). The van der Waals surface area contributed by atoms with Gasteiger partial charge < -0.3 is 11.5 Å². The molecular weight excluding hydrogens is 304 g/mol. The Kier molecular flexibility index (Phi) is 2.93. The lowest BCUT2D eigenvalue weighted by Gasteiger charge is -2.08. The van der Waals surface area contributed by atoms with Crippen molar-refractivity contribution in [2.24, 2.45) is 11.5 Å². The summed E-state index contributed by atoms with van der Waals surface area (Å²) in [5, 5.41) is 3.37. The maximum atomic E-state index is 11.5. The van der Waals surface area contributed by atoms with E-state index in [2.05, 4.69) is 9.97 Å². The number of rotatable bonds is 2. The number of carbonyl (C=O) groups excluding carboxylic acids is 2. The molecule has 0 saturated carbocycles. The van der Waals surface area contributed by atoms with Crippen molar-refractivity contribution in [3.63, 3.8) is 0 Å². The normalized spacial score (nSPS) is 11.2. The van der Waals surface area contributed by atoms with Gasteiger partial charge in [0, 0.05) is 16.2 Å². The van der Waals surface area contributed by atoms with Crippen molar-refractivity contribution in [2.75, 3.05) is 0 Å². The summed E-state index contributed by atoms with van der Waals surface area (Å²) >= 11 is 0. The maximum Gasteiger partial charge on any atom is 0.267 e. The van der Waals surface area contributed by atoms with Crippen LogP contribution in [0.15, 0.2) is 48.5 Å². The van der Waals surface area contributed by atoms with Crippen LogP contribution in [-0.4, -0.2) is 21.8 Å². The zero-order chi connectivity index (χ0) is 16.8. The van der Waals surface area contributed by atoms with Gasteiger partial charge in [0.2, 0.25) is 0 Å². The summed E-state index contributed by atoms with van der Waals surface area (Å²) in [7, 11) is 0. The minimum Gasteiger partial charge on any atom is -0.364 e. The van der Waals surface area contributed by atoms with Gasteiger partial charge >= 0.3 is 0 Å². The molecule has 0 aliphatic carbocycles. The number of benzene rings is 2. The molecule has 0 bridgehead atoms. The lowest BCUT2D eigenvalue weighted by Crippen LogP contribution is -2.13. The molecule has 24 heavy (non-hydrogen) atoms. The van der Waals surface area contributed by atoms with Gasteiger partial charge in [-0.15, -0.1) is 0 Å². The fourth-order valence-electron chi connectivity index (χ4n) is 2.85. The minimum absolute atomic E-state index is 0.179. The van der Waals surface area contributed by atoms with Crippen molar-refractivity contribution >= 4 is 44.4 Å². The number of hydrogen-bond acceptors (Lipinski definition) is 4. The fraction of sp³-hybridized carbons (Fsp3) is 0. The molecule has 116 valence electrons. The largest absolute Gasteiger partial charge is 0.364 e. The summed E-state index contributed by atoms with van der Waals surface area (Å²) in [6, 6.07) is 14.5. The quantitative estimate of drug-likeness (QED) is 0.552. The van der Waals surface area contributed by atoms with Crippen molar-refractivity contribution in [2.45, 2.75) is 0 Å². The highest BCUT2D eigenvalue weighted by molar-refractivity contribution is 6.18. The second kappa shape index (κ2) is 4.99. The van der Waals surface area contributed by atoms with Gasteiger partial charge in [-0.3, -0.25) is 9.59 Å². The van der Waals surface area contributed by atoms with Crippen molar-refractivity contribution in [3.8, 4) is 0 Å². The highest BCUT2D eigenvalue weighted by Gasteiger charge is 2.12. The number of nitrogens with two attached hydrogens (primary N) is 2. The van der Waals surface area contributed by atoms with Gasteiger partial charge in [-0.2, -0.15) is 0 Å². The lowest BCUT2D eigenvalue weighted by atomic mass is 10.0. The van der Waals surface area contributed by atoms with E-state index >= 15 is 0 Å². The molecule has 0 aliphatic heterocycles. The van der Waals surface area contributed by atoms with Crippen LogP contribution < -0.4 is 11.5 Å². The minimum atomic E-state index is -0.597. The first-order valence-corrected chi connectivity index (χ1v) is 7.27. The second-order valence-corrected chi connectivity index (χ2v) is 5.49. The summed E-state index contributed by atoms with van der Waals surface area (Å²) in [6.45, 7) is 0. The van der Waals surface area contributed by atoms with Gasteiger partial charge in [-0.1, -0.05) is 36.4 Å². The Labute approximate surface area is 136 Å². The SMILES string of the molecule is NC(=O)c1ccc2ccc3ccc4ccc(C(N)=O)nc4c3c2n1. The van der Waals surface area contributed by atoms with E-state index in [1.54, 1.807) is 24.3 Å². The first-order valence-electron chi connectivity index (χ1n) is 7.27. The Morgan fingerprint density at radius 1 is 0.625 bits per heavy atom. The molecule has 4 N–H and O–H groups in total. The maximum absolute atomic E-state index is 11.5. The van der Waals surface area contributed by atoms with E-state index in [0.717, 1.165) is 21.5 Å². The van der Waals surface area contributed by atoms with Crippen molar-refractivity contribution in [1.82, 2.24) is 9.97 Å². The van der Waals surface area contributed by atoms with E-state index in [1.807, 2.05) is 24.3 Å². The van der Waals surface area contributed by atoms with Crippen LogP contribution in [0.1, 0.15) is 21.0 Å². The molecule has 4 aromatic rings.